The summed E-state index contributed by atoms with van der Waals surface area (Å²) in [5.41, 5.74) is 0. The van der Waals surface area contributed by atoms with E-state index in [-0.39, 0.29) is 0 Å². The molecule has 1 N–H and O–H groups in total. The summed E-state index contributed by atoms with van der Waals surface area (Å²) in [5.74, 6) is 0. The van der Waals surface area contributed by atoms with E-state index in [1.165, 1.54) is 0 Å². The largest absolute Gasteiger partial charge is 0.366 e. The summed E-state index contributed by atoms with van der Waals surface area (Å²) in [6.07, 6.45) is 8.37. The van der Waals surface area contributed by atoms with Crippen LogP contribution in [0.15, 0.2) is 24.7 Å². The number of fused-ring (bicyclic) bond motifs is 1. The lowest BCUT2D eigenvalue weighted by Gasteiger charge is -1.80. The molecule has 9 heavy (non-hydrogen) atoms. The normalized spacial score (nSPS) is 10.2. The van der Waals surface area contributed by atoms with Gasteiger partial charge in [0.25, 0.3) is 0 Å². The Hall–Kier alpha value is -1.31. The number of nitrogens with one attached hydrogen (secondary N) is 1. The highest BCUT2D eigenvalue weighted by Crippen LogP contribution is 2.08. The summed E-state index contributed by atoms with van der Waals surface area (Å²) in [7, 11) is 0. The van der Waals surface area contributed by atoms with Crippen LogP contribution >= 0.6 is 0 Å². The molecule has 0 saturated carbocycles. The minimum atomic E-state index is 1.13. The Morgan fingerprint density at radius 2 is 2.22 bits per heavy atom. The van der Waals surface area contributed by atoms with E-state index < -0.39 is 0 Å². The van der Waals surface area contributed by atoms with Gasteiger partial charge >= 0.3 is 0 Å². The number of aromatic nitrogens is 2. The number of pyridine rings is 1. The van der Waals surface area contributed by atoms with Gasteiger partial charge in [-0.1, -0.05) is 0 Å². The summed E-state index contributed by atoms with van der Waals surface area (Å²) >= 11 is 0. The van der Waals surface area contributed by atoms with E-state index in [0.717, 1.165) is 10.8 Å². The van der Waals surface area contributed by atoms with Crippen LogP contribution in [0.4, 0.5) is 0 Å². The molecule has 0 fully saturated rings. The minimum Gasteiger partial charge on any atom is -0.366 e. The van der Waals surface area contributed by atoms with Crippen molar-refractivity contribution in [3.63, 3.8) is 0 Å². The van der Waals surface area contributed by atoms with Crippen molar-refractivity contribution in [2.45, 2.75) is 0 Å². The zero-order chi connectivity index (χ0) is 6.10. The number of hydrogen-bond acceptors (Lipinski definition) is 1. The Labute approximate surface area is 52.5 Å². The number of rotatable bonds is 0. The molecule has 0 atom stereocenters. The van der Waals surface area contributed by atoms with Crippen LogP contribution in [0.25, 0.3) is 10.8 Å². The monoisotopic (exact) mass is 117 g/mol. The van der Waals surface area contributed by atoms with Gasteiger partial charge in [-0.3, -0.25) is 4.98 Å². The summed E-state index contributed by atoms with van der Waals surface area (Å²) in [6.45, 7) is 0. The van der Waals surface area contributed by atoms with E-state index in [1.54, 1.807) is 6.20 Å². The molecule has 0 aromatic carbocycles. The van der Waals surface area contributed by atoms with Crippen molar-refractivity contribution in [3.05, 3.63) is 30.9 Å². The molecule has 2 nitrogen and oxygen atoms in total. The van der Waals surface area contributed by atoms with Crippen LogP contribution < -0.4 is 0 Å². The summed E-state index contributed by atoms with van der Waals surface area (Å²) in [6, 6.07) is 1.85. The lowest BCUT2D eigenvalue weighted by molar-refractivity contribution is 1.35. The maximum atomic E-state index is 3.84. The van der Waals surface area contributed by atoms with Crippen LogP contribution in [0, 0.1) is 6.20 Å². The van der Waals surface area contributed by atoms with Gasteiger partial charge in [0.2, 0.25) is 0 Å². The van der Waals surface area contributed by atoms with Gasteiger partial charge in [-0.05, 0) is 6.07 Å². The molecule has 1 radical (unpaired) electrons. The van der Waals surface area contributed by atoms with Crippen LogP contribution in [0.3, 0.4) is 0 Å². The van der Waals surface area contributed by atoms with E-state index in [1.807, 2.05) is 18.5 Å². The average Bonchev–Trinajstić information content (AvgIpc) is 2.33. The Morgan fingerprint density at radius 3 is 3.11 bits per heavy atom. The predicted octanol–water partition coefficient (Wildman–Crippen LogP) is 1.36. The molecule has 0 saturated heterocycles. The van der Waals surface area contributed by atoms with E-state index in [2.05, 4.69) is 16.2 Å². The van der Waals surface area contributed by atoms with Gasteiger partial charge < -0.3 is 4.98 Å². The molecule has 0 aliphatic rings. The van der Waals surface area contributed by atoms with Crippen LogP contribution in [0.2, 0.25) is 0 Å². The van der Waals surface area contributed by atoms with Gasteiger partial charge in [0.15, 0.2) is 0 Å². The van der Waals surface area contributed by atoms with Gasteiger partial charge in [0.05, 0.1) is 6.20 Å². The molecule has 0 amide bonds. The molecular formula is C7H5N2. The summed E-state index contributed by atoms with van der Waals surface area (Å²) in [4.78, 5) is 6.82. The first kappa shape index (κ1) is 4.56. The molecular weight excluding hydrogens is 112 g/mol. The second kappa shape index (κ2) is 1.58. The smallest absolute Gasteiger partial charge is 0.0893 e. The summed E-state index contributed by atoms with van der Waals surface area (Å²) in [5, 5.41) is 2.29. The van der Waals surface area contributed by atoms with E-state index in [4.69, 9.17) is 0 Å². The van der Waals surface area contributed by atoms with E-state index >= 15 is 0 Å². The SMILES string of the molecule is [c]1cc2c[nH]cc2cn1. The third-order valence-electron chi connectivity index (χ3n) is 1.31. The molecule has 0 unspecified atom stereocenters. The van der Waals surface area contributed by atoms with E-state index in [9.17, 15) is 0 Å². The van der Waals surface area contributed by atoms with Crippen molar-refractivity contribution in [3.8, 4) is 0 Å². The molecule has 2 aromatic rings. The third kappa shape index (κ3) is 0.598. The third-order valence-corrected chi connectivity index (χ3v) is 1.31. The first-order valence-corrected chi connectivity index (χ1v) is 2.75. The first-order chi connectivity index (χ1) is 4.47. The minimum absolute atomic E-state index is 1.13. The summed E-state index contributed by atoms with van der Waals surface area (Å²) < 4.78 is 0. The molecule has 0 aliphatic carbocycles. The number of aromatic amines is 1. The first-order valence-electron chi connectivity index (χ1n) is 2.75. The number of nitrogens with zero attached hydrogens (tertiary/aromatic N) is 1. The Balaban J connectivity index is 2.95. The lowest BCUT2D eigenvalue weighted by Crippen LogP contribution is -1.66. The fraction of sp³-hybridized carbons (Fsp3) is 0. The number of hydrogen-bond donors (Lipinski definition) is 1. The van der Waals surface area contributed by atoms with Crippen molar-refractivity contribution in [2.75, 3.05) is 0 Å². The van der Waals surface area contributed by atoms with Crippen LogP contribution in [-0.2, 0) is 0 Å². The average molecular weight is 117 g/mol. The molecule has 2 heteroatoms. The fourth-order valence-electron chi connectivity index (χ4n) is 0.838. The zero-order valence-corrected chi connectivity index (χ0v) is 4.76. The van der Waals surface area contributed by atoms with Crippen molar-refractivity contribution in [1.29, 1.82) is 0 Å². The van der Waals surface area contributed by atoms with Crippen LogP contribution in [0.1, 0.15) is 0 Å². The van der Waals surface area contributed by atoms with Gasteiger partial charge in [0, 0.05) is 29.4 Å². The molecule has 0 spiro atoms. The highest BCUT2D eigenvalue weighted by molar-refractivity contribution is 5.80. The molecule has 2 rings (SSSR count). The van der Waals surface area contributed by atoms with Gasteiger partial charge in [0.1, 0.15) is 0 Å². The maximum absolute atomic E-state index is 3.84. The molecule has 2 aromatic heterocycles. The van der Waals surface area contributed by atoms with Crippen LogP contribution in [-0.4, -0.2) is 9.97 Å². The van der Waals surface area contributed by atoms with Crippen molar-refractivity contribution in [1.82, 2.24) is 9.97 Å². The second-order valence-corrected chi connectivity index (χ2v) is 1.90. The predicted molar refractivity (Wildman–Crippen MR) is 34.9 cm³/mol. The fourth-order valence-corrected chi connectivity index (χ4v) is 0.838. The van der Waals surface area contributed by atoms with Gasteiger partial charge in [-0.25, -0.2) is 0 Å². The lowest BCUT2D eigenvalue weighted by atomic mass is 10.3. The number of H-pyrrole nitrogens is 1. The van der Waals surface area contributed by atoms with Gasteiger partial charge in [-0.2, -0.15) is 0 Å². The topological polar surface area (TPSA) is 28.7 Å². The van der Waals surface area contributed by atoms with Crippen LogP contribution in [0.5, 0.6) is 0 Å². The highest BCUT2D eigenvalue weighted by Gasteiger charge is 1.88. The molecule has 43 valence electrons. The quantitative estimate of drug-likeness (QED) is 0.554. The Bertz CT molecular complexity index is 281. The standard InChI is InChI=1S/C7H5N2/c1-2-8-4-7-5-9-3-6(1)7/h1,3-5,9H. The van der Waals surface area contributed by atoms with Crippen molar-refractivity contribution >= 4 is 10.8 Å². The van der Waals surface area contributed by atoms with Crippen molar-refractivity contribution < 1.29 is 0 Å². The molecule has 2 heterocycles. The molecule has 0 bridgehead atoms. The zero-order valence-electron chi connectivity index (χ0n) is 4.76. The highest BCUT2D eigenvalue weighted by atomic mass is 14.7. The van der Waals surface area contributed by atoms with E-state index in [0.29, 0.717) is 0 Å². The molecule has 0 aliphatic heterocycles. The van der Waals surface area contributed by atoms with Gasteiger partial charge in [-0.15, -0.1) is 0 Å². The van der Waals surface area contributed by atoms with Crippen molar-refractivity contribution in [2.24, 2.45) is 0 Å². The maximum Gasteiger partial charge on any atom is 0.0893 e. The second-order valence-electron chi connectivity index (χ2n) is 1.90. The Kier molecular flexibility index (Phi) is 0.803. The Morgan fingerprint density at radius 1 is 1.33 bits per heavy atom.